The fraction of sp³-hybridized carbons (Fsp3) is 0.844. The summed E-state index contributed by atoms with van der Waals surface area (Å²) in [6, 6.07) is 0. The number of carbonyl (C=O) groups is 1. The van der Waals surface area contributed by atoms with Crippen LogP contribution in [0.1, 0.15) is 106 Å². The first-order valence-electron chi connectivity index (χ1n) is 14.8. The summed E-state index contributed by atoms with van der Waals surface area (Å²) in [5.74, 6) is 3.71. The quantitative estimate of drug-likeness (QED) is 0.256. The standard InChI is InChI=1S/C32H50O3/c1-7-35-28(34)14-19-32-17-10-22(20(2)3)29(32)23-8-9-27-30(5)16-13-26(33)21(4)24(30)11-15-31(27,6)25(23)12-18-32/h14,19-21,23-27,33H,7-13,15-18H2,1-6H3/b19-14+. The van der Waals surface area contributed by atoms with Gasteiger partial charge in [0.1, 0.15) is 0 Å². The maximum absolute atomic E-state index is 12.3. The summed E-state index contributed by atoms with van der Waals surface area (Å²) < 4.78 is 5.26. The van der Waals surface area contributed by atoms with Gasteiger partial charge in [0.2, 0.25) is 0 Å². The van der Waals surface area contributed by atoms with Crippen LogP contribution in [0, 0.1) is 51.8 Å². The Labute approximate surface area is 214 Å². The van der Waals surface area contributed by atoms with E-state index in [9.17, 15) is 9.90 Å². The van der Waals surface area contributed by atoms with Crippen LogP contribution in [0.4, 0.5) is 0 Å². The molecule has 3 nitrogen and oxygen atoms in total. The molecule has 4 saturated carbocycles. The molecule has 4 fully saturated rings. The van der Waals surface area contributed by atoms with E-state index in [4.69, 9.17) is 4.74 Å². The Morgan fingerprint density at radius 2 is 1.71 bits per heavy atom. The van der Waals surface area contributed by atoms with Gasteiger partial charge in [-0.1, -0.05) is 51.8 Å². The molecule has 0 aliphatic heterocycles. The van der Waals surface area contributed by atoms with Crippen LogP contribution in [0.25, 0.3) is 0 Å². The van der Waals surface area contributed by atoms with Crippen LogP contribution < -0.4 is 0 Å². The molecule has 0 aromatic heterocycles. The summed E-state index contributed by atoms with van der Waals surface area (Å²) in [6.45, 7) is 14.7. The van der Waals surface area contributed by atoms with Gasteiger partial charge in [0.05, 0.1) is 12.7 Å². The minimum absolute atomic E-state index is 0.0707. The Morgan fingerprint density at radius 1 is 1.03 bits per heavy atom. The van der Waals surface area contributed by atoms with Crippen molar-refractivity contribution in [2.24, 2.45) is 51.8 Å². The van der Waals surface area contributed by atoms with Crippen LogP contribution in [0.15, 0.2) is 23.3 Å². The second-order valence-corrected chi connectivity index (χ2v) is 13.8. The number of carbonyl (C=O) groups excluding carboxylic acids is 1. The van der Waals surface area contributed by atoms with Gasteiger partial charge in [-0.2, -0.15) is 0 Å². The van der Waals surface area contributed by atoms with Gasteiger partial charge in [0, 0.05) is 11.5 Å². The maximum atomic E-state index is 12.3. The maximum Gasteiger partial charge on any atom is 0.330 e. The molecule has 5 rings (SSSR count). The van der Waals surface area contributed by atoms with Crippen LogP contribution in [0.2, 0.25) is 0 Å². The van der Waals surface area contributed by atoms with Gasteiger partial charge in [-0.05, 0) is 117 Å². The highest BCUT2D eigenvalue weighted by Gasteiger charge is 2.63. The zero-order chi connectivity index (χ0) is 25.2. The van der Waals surface area contributed by atoms with Crippen LogP contribution >= 0.6 is 0 Å². The van der Waals surface area contributed by atoms with Crippen LogP contribution in [0.5, 0.6) is 0 Å². The molecule has 0 saturated heterocycles. The molecular weight excluding hydrogens is 432 g/mol. The van der Waals surface area contributed by atoms with E-state index in [-0.39, 0.29) is 17.5 Å². The number of aliphatic hydroxyl groups excluding tert-OH is 1. The monoisotopic (exact) mass is 482 g/mol. The number of fused-ring (bicyclic) bond motifs is 7. The highest BCUT2D eigenvalue weighted by atomic mass is 16.5. The van der Waals surface area contributed by atoms with Crippen LogP contribution in [-0.4, -0.2) is 23.8 Å². The normalized spacial score (nSPS) is 47.3. The lowest BCUT2D eigenvalue weighted by atomic mass is 9.38. The second-order valence-electron chi connectivity index (χ2n) is 13.8. The van der Waals surface area contributed by atoms with E-state index in [0.29, 0.717) is 41.1 Å². The second kappa shape index (κ2) is 9.03. The third kappa shape index (κ3) is 3.80. The fourth-order valence-electron chi connectivity index (χ4n) is 10.7. The first-order valence-corrected chi connectivity index (χ1v) is 14.8. The molecule has 9 unspecified atom stereocenters. The molecule has 9 atom stereocenters. The molecule has 0 bridgehead atoms. The Balaban J connectivity index is 1.49. The SMILES string of the molecule is CCOC(=O)/C=C/C12CCC(C(C)C)=C1C1CCC3C(C)(CCC4C(C)C(O)CCC43C)C1CC2. The zero-order valence-corrected chi connectivity index (χ0v) is 23.2. The molecule has 3 heteroatoms. The zero-order valence-electron chi connectivity index (χ0n) is 23.2. The molecule has 0 spiro atoms. The molecule has 35 heavy (non-hydrogen) atoms. The Kier molecular flexibility index (Phi) is 6.59. The minimum Gasteiger partial charge on any atom is -0.463 e. The summed E-state index contributed by atoms with van der Waals surface area (Å²) in [4.78, 5) is 12.3. The number of ether oxygens (including phenoxy) is 1. The largest absolute Gasteiger partial charge is 0.463 e. The van der Waals surface area contributed by atoms with Gasteiger partial charge in [0.25, 0.3) is 0 Å². The van der Waals surface area contributed by atoms with Crippen LogP contribution in [0.3, 0.4) is 0 Å². The summed E-state index contributed by atoms with van der Waals surface area (Å²) in [5, 5.41) is 10.7. The van der Waals surface area contributed by atoms with E-state index in [1.807, 2.05) is 6.92 Å². The van der Waals surface area contributed by atoms with Crippen molar-refractivity contribution in [3.8, 4) is 0 Å². The highest BCUT2D eigenvalue weighted by Crippen LogP contribution is 2.71. The first-order chi connectivity index (χ1) is 16.6. The van der Waals surface area contributed by atoms with E-state index < -0.39 is 0 Å². The molecule has 196 valence electrons. The average Bonchev–Trinajstić information content (AvgIpc) is 3.21. The summed E-state index contributed by atoms with van der Waals surface area (Å²) in [6.07, 6.45) is 16.2. The third-order valence-corrected chi connectivity index (χ3v) is 12.3. The topological polar surface area (TPSA) is 46.5 Å². The van der Waals surface area contributed by atoms with Crippen molar-refractivity contribution in [1.29, 1.82) is 0 Å². The predicted molar refractivity (Wildman–Crippen MR) is 142 cm³/mol. The Bertz CT molecular complexity index is 900. The van der Waals surface area contributed by atoms with Gasteiger partial charge >= 0.3 is 5.97 Å². The molecule has 1 N–H and O–H groups in total. The fourth-order valence-corrected chi connectivity index (χ4v) is 10.7. The highest BCUT2D eigenvalue weighted by molar-refractivity contribution is 5.82. The average molecular weight is 483 g/mol. The summed E-state index contributed by atoms with van der Waals surface area (Å²) in [5.41, 5.74) is 4.28. The first kappa shape index (κ1) is 25.6. The Hall–Kier alpha value is -1.09. The minimum atomic E-state index is -0.183. The molecule has 5 aliphatic rings. The summed E-state index contributed by atoms with van der Waals surface area (Å²) >= 11 is 0. The molecule has 0 aromatic rings. The van der Waals surface area contributed by atoms with Crippen molar-refractivity contribution in [3.63, 3.8) is 0 Å². The van der Waals surface area contributed by atoms with Crippen LogP contribution in [-0.2, 0) is 9.53 Å². The van der Waals surface area contributed by atoms with E-state index in [0.717, 1.165) is 18.3 Å². The van der Waals surface area contributed by atoms with Crippen molar-refractivity contribution in [2.45, 2.75) is 112 Å². The number of rotatable bonds is 4. The van der Waals surface area contributed by atoms with E-state index >= 15 is 0 Å². The predicted octanol–water partition coefficient (Wildman–Crippen LogP) is 7.49. The van der Waals surface area contributed by atoms with Gasteiger partial charge in [-0.25, -0.2) is 4.79 Å². The lowest BCUT2D eigenvalue weighted by Gasteiger charge is -2.67. The molecule has 0 heterocycles. The smallest absolute Gasteiger partial charge is 0.330 e. The van der Waals surface area contributed by atoms with Crippen molar-refractivity contribution >= 4 is 5.97 Å². The summed E-state index contributed by atoms with van der Waals surface area (Å²) in [7, 11) is 0. The number of hydrogen-bond acceptors (Lipinski definition) is 3. The molecular formula is C32H50O3. The lowest BCUT2D eigenvalue weighted by molar-refractivity contribution is -0.177. The van der Waals surface area contributed by atoms with Crippen molar-refractivity contribution in [1.82, 2.24) is 0 Å². The molecule has 0 amide bonds. The lowest BCUT2D eigenvalue weighted by Crippen LogP contribution is -2.60. The van der Waals surface area contributed by atoms with Gasteiger partial charge in [0.15, 0.2) is 0 Å². The van der Waals surface area contributed by atoms with E-state index in [2.05, 4.69) is 40.7 Å². The molecule has 0 radical (unpaired) electrons. The molecule has 5 aliphatic carbocycles. The Morgan fingerprint density at radius 3 is 2.43 bits per heavy atom. The van der Waals surface area contributed by atoms with E-state index in [1.165, 1.54) is 57.8 Å². The van der Waals surface area contributed by atoms with Gasteiger partial charge in [-0.15, -0.1) is 0 Å². The van der Waals surface area contributed by atoms with E-state index in [1.54, 1.807) is 17.2 Å². The molecule has 0 aromatic carbocycles. The number of hydrogen-bond donors (Lipinski definition) is 1. The number of esters is 1. The van der Waals surface area contributed by atoms with Crippen molar-refractivity contribution in [2.75, 3.05) is 6.61 Å². The van der Waals surface area contributed by atoms with Gasteiger partial charge < -0.3 is 9.84 Å². The number of allylic oxidation sites excluding steroid dienone is 3. The van der Waals surface area contributed by atoms with Crippen molar-refractivity contribution in [3.05, 3.63) is 23.3 Å². The van der Waals surface area contributed by atoms with Gasteiger partial charge in [-0.3, -0.25) is 0 Å². The third-order valence-electron chi connectivity index (χ3n) is 12.3. The van der Waals surface area contributed by atoms with Crippen molar-refractivity contribution < 1.29 is 14.6 Å². The number of aliphatic hydroxyl groups is 1.